The smallest absolute Gasteiger partial charge is 0.160 e. The lowest BCUT2D eigenvalue weighted by atomic mass is 10.3. The van der Waals surface area contributed by atoms with E-state index in [1.807, 2.05) is 5.48 Å². The van der Waals surface area contributed by atoms with Gasteiger partial charge in [-0.1, -0.05) is 0 Å². The van der Waals surface area contributed by atoms with Crippen molar-refractivity contribution in [3.05, 3.63) is 24.8 Å². The van der Waals surface area contributed by atoms with Crippen LogP contribution in [0.15, 0.2) is 24.8 Å². The maximum absolute atomic E-state index is 8.67. The molecule has 0 spiro atoms. The average molecular weight is 162 g/mol. The van der Waals surface area contributed by atoms with Crippen LogP contribution in [0.3, 0.4) is 0 Å². The van der Waals surface area contributed by atoms with E-state index in [4.69, 9.17) is 5.21 Å². The first-order chi connectivity index (χ1) is 5.92. The molecule has 0 unspecified atom stereocenters. The lowest BCUT2D eigenvalue weighted by Gasteiger charge is -2.00. The molecule has 0 aliphatic carbocycles. The van der Waals surface area contributed by atoms with Crippen molar-refractivity contribution in [2.24, 2.45) is 0 Å². The minimum atomic E-state index is 0.369. The van der Waals surface area contributed by atoms with Crippen LogP contribution in [0.25, 0.3) is 10.9 Å². The molecule has 0 bridgehead atoms. The summed E-state index contributed by atoms with van der Waals surface area (Å²) in [5.41, 5.74) is 2.73. The van der Waals surface area contributed by atoms with Crippen LogP contribution in [-0.4, -0.2) is 20.2 Å². The summed E-state index contributed by atoms with van der Waals surface area (Å²) in [6.45, 7) is 0. The van der Waals surface area contributed by atoms with Crippen molar-refractivity contribution in [3.63, 3.8) is 0 Å². The highest BCUT2D eigenvalue weighted by atomic mass is 16.5. The van der Waals surface area contributed by atoms with Crippen molar-refractivity contribution in [1.82, 2.24) is 15.0 Å². The highest BCUT2D eigenvalue weighted by molar-refractivity contribution is 5.87. The molecule has 0 aliphatic heterocycles. The third-order valence-electron chi connectivity index (χ3n) is 1.54. The summed E-state index contributed by atoms with van der Waals surface area (Å²) in [6, 6.07) is 1.75. The Balaban J connectivity index is 2.79. The Bertz CT molecular complexity index is 398. The molecule has 0 amide bonds. The van der Waals surface area contributed by atoms with Crippen LogP contribution >= 0.6 is 0 Å². The Morgan fingerprint density at radius 1 is 1.33 bits per heavy atom. The normalized spacial score (nSPS) is 10.1. The number of nitrogens with zero attached hydrogens (tertiary/aromatic N) is 3. The van der Waals surface area contributed by atoms with Gasteiger partial charge in [-0.05, 0) is 6.07 Å². The lowest BCUT2D eigenvalue weighted by Crippen LogP contribution is -1.94. The molecule has 5 heteroatoms. The molecule has 0 aromatic carbocycles. The molecule has 2 rings (SSSR count). The molecule has 2 aromatic rings. The minimum Gasteiger partial charge on any atom is -0.290 e. The fraction of sp³-hybridized carbons (Fsp3) is 0. The summed E-state index contributed by atoms with van der Waals surface area (Å²) < 4.78 is 0. The van der Waals surface area contributed by atoms with Crippen LogP contribution in [0.1, 0.15) is 0 Å². The fourth-order valence-corrected chi connectivity index (χ4v) is 0.995. The molecule has 0 aliphatic rings. The molecule has 0 fully saturated rings. The second-order valence-electron chi connectivity index (χ2n) is 2.23. The summed E-state index contributed by atoms with van der Waals surface area (Å²) in [4.78, 5) is 11.7. The van der Waals surface area contributed by atoms with E-state index < -0.39 is 0 Å². The number of rotatable bonds is 1. The molecule has 12 heavy (non-hydrogen) atoms. The number of hydrogen-bond donors (Lipinski definition) is 2. The van der Waals surface area contributed by atoms with Gasteiger partial charge < -0.3 is 0 Å². The highest BCUT2D eigenvalue weighted by Gasteiger charge is 1.99. The molecule has 2 aromatic heterocycles. The summed E-state index contributed by atoms with van der Waals surface area (Å²) in [5, 5.41) is 9.36. The lowest BCUT2D eigenvalue weighted by molar-refractivity contribution is 0.387. The Kier molecular flexibility index (Phi) is 1.56. The van der Waals surface area contributed by atoms with Crippen LogP contribution < -0.4 is 5.48 Å². The number of hydrogen-bond acceptors (Lipinski definition) is 5. The van der Waals surface area contributed by atoms with E-state index in [1.165, 1.54) is 6.33 Å². The van der Waals surface area contributed by atoms with E-state index in [0.717, 1.165) is 5.52 Å². The van der Waals surface area contributed by atoms with Crippen molar-refractivity contribution < 1.29 is 5.21 Å². The summed E-state index contributed by atoms with van der Waals surface area (Å²) in [6.07, 6.45) is 4.60. The van der Waals surface area contributed by atoms with Gasteiger partial charge in [0.05, 0.1) is 10.9 Å². The third kappa shape index (κ3) is 0.960. The molecular formula is C7H6N4O. The Morgan fingerprint density at radius 2 is 2.25 bits per heavy atom. The van der Waals surface area contributed by atoms with Crippen LogP contribution in [0, 0.1) is 0 Å². The first kappa shape index (κ1) is 6.93. The van der Waals surface area contributed by atoms with Crippen LogP contribution in [0.5, 0.6) is 0 Å². The van der Waals surface area contributed by atoms with Gasteiger partial charge in [0, 0.05) is 12.4 Å². The van der Waals surface area contributed by atoms with Crippen LogP contribution in [0.4, 0.5) is 5.82 Å². The zero-order chi connectivity index (χ0) is 8.39. The second-order valence-corrected chi connectivity index (χ2v) is 2.23. The average Bonchev–Trinajstić information content (AvgIpc) is 2.17. The largest absolute Gasteiger partial charge is 0.290 e. The van der Waals surface area contributed by atoms with Crippen molar-refractivity contribution in [3.8, 4) is 0 Å². The van der Waals surface area contributed by atoms with E-state index in [-0.39, 0.29) is 0 Å². The zero-order valence-electron chi connectivity index (χ0n) is 6.10. The number of aromatic nitrogens is 3. The molecule has 0 radical (unpaired) electrons. The zero-order valence-corrected chi connectivity index (χ0v) is 6.10. The van der Waals surface area contributed by atoms with Crippen molar-refractivity contribution >= 4 is 16.7 Å². The molecule has 0 saturated heterocycles. The van der Waals surface area contributed by atoms with Gasteiger partial charge in [-0.25, -0.2) is 15.0 Å². The van der Waals surface area contributed by atoms with Crippen LogP contribution in [0.2, 0.25) is 0 Å². The standard InChI is InChI=1S/C7H6N4O/c12-11-7-5-3-8-4-10-6(5)1-2-9-7/h1-4,12H,(H,9,11). The van der Waals surface area contributed by atoms with Gasteiger partial charge in [-0.15, -0.1) is 0 Å². The van der Waals surface area contributed by atoms with E-state index >= 15 is 0 Å². The summed E-state index contributed by atoms with van der Waals surface area (Å²) >= 11 is 0. The first-order valence-corrected chi connectivity index (χ1v) is 3.36. The first-order valence-electron chi connectivity index (χ1n) is 3.36. The minimum absolute atomic E-state index is 0.369. The Labute approximate surface area is 68.1 Å². The fourth-order valence-electron chi connectivity index (χ4n) is 0.995. The van der Waals surface area contributed by atoms with E-state index in [1.54, 1.807) is 18.5 Å². The molecular weight excluding hydrogens is 156 g/mol. The quantitative estimate of drug-likeness (QED) is 0.607. The molecule has 2 N–H and O–H groups in total. The van der Waals surface area contributed by atoms with Crippen molar-refractivity contribution in [2.45, 2.75) is 0 Å². The monoisotopic (exact) mass is 162 g/mol. The molecule has 0 atom stereocenters. The van der Waals surface area contributed by atoms with Gasteiger partial charge in [-0.3, -0.25) is 10.7 Å². The molecule has 0 saturated carbocycles. The number of nitrogens with one attached hydrogen (secondary N) is 1. The molecule has 60 valence electrons. The Morgan fingerprint density at radius 3 is 3.08 bits per heavy atom. The van der Waals surface area contributed by atoms with Crippen LogP contribution in [-0.2, 0) is 0 Å². The van der Waals surface area contributed by atoms with Crippen molar-refractivity contribution in [1.29, 1.82) is 0 Å². The van der Waals surface area contributed by atoms with Crippen molar-refractivity contribution in [2.75, 3.05) is 5.48 Å². The predicted octanol–water partition coefficient (Wildman–Crippen LogP) is 0.826. The van der Waals surface area contributed by atoms with Gasteiger partial charge >= 0.3 is 0 Å². The SMILES string of the molecule is ONc1nccc2ncncc12. The second kappa shape index (κ2) is 2.71. The maximum Gasteiger partial charge on any atom is 0.160 e. The summed E-state index contributed by atoms with van der Waals surface area (Å²) in [7, 11) is 0. The number of fused-ring (bicyclic) bond motifs is 1. The van der Waals surface area contributed by atoms with Gasteiger partial charge in [0.15, 0.2) is 5.82 Å². The summed E-state index contributed by atoms with van der Waals surface area (Å²) in [5.74, 6) is 0.369. The third-order valence-corrected chi connectivity index (χ3v) is 1.54. The number of pyridine rings is 1. The molecule has 5 nitrogen and oxygen atoms in total. The van der Waals surface area contributed by atoms with E-state index in [9.17, 15) is 0 Å². The maximum atomic E-state index is 8.67. The van der Waals surface area contributed by atoms with E-state index in [0.29, 0.717) is 11.2 Å². The highest BCUT2D eigenvalue weighted by Crippen LogP contribution is 2.15. The Hall–Kier alpha value is -1.75. The van der Waals surface area contributed by atoms with Gasteiger partial charge in [0.25, 0.3) is 0 Å². The van der Waals surface area contributed by atoms with Gasteiger partial charge in [0.1, 0.15) is 6.33 Å². The van der Waals surface area contributed by atoms with Gasteiger partial charge in [0.2, 0.25) is 0 Å². The number of anilines is 1. The predicted molar refractivity (Wildman–Crippen MR) is 42.7 cm³/mol. The van der Waals surface area contributed by atoms with Gasteiger partial charge in [-0.2, -0.15) is 0 Å². The topological polar surface area (TPSA) is 70.9 Å². The molecule has 2 heterocycles. The van der Waals surface area contributed by atoms with E-state index in [2.05, 4.69) is 15.0 Å².